The Morgan fingerprint density at radius 2 is 1.62 bits per heavy atom. The molecule has 8 heteroatoms. The zero-order chi connectivity index (χ0) is 21.4. The van der Waals surface area contributed by atoms with E-state index in [1.54, 1.807) is 0 Å². The Hall–Kier alpha value is -2.01. The molecule has 1 atom stereocenters. The molecule has 1 fully saturated rings. The van der Waals surface area contributed by atoms with E-state index in [0.29, 0.717) is 11.9 Å². The van der Waals surface area contributed by atoms with Gasteiger partial charge in [-0.15, -0.1) is 8.58 Å². The number of carbonyl (C=O) groups is 1. The minimum Gasteiger partial charge on any atom is -0.300 e. The number of rotatable bonds is 8. The lowest BCUT2D eigenvalue weighted by Gasteiger charge is -2.10. The van der Waals surface area contributed by atoms with Crippen molar-refractivity contribution in [2.24, 2.45) is 5.92 Å². The predicted molar refractivity (Wildman–Crippen MR) is 103 cm³/mol. The number of hydrogen-bond donors (Lipinski definition) is 0. The first-order chi connectivity index (χ1) is 13.9. The van der Waals surface area contributed by atoms with Gasteiger partial charge in [0, 0.05) is 22.9 Å². The van der Waals surface area contributed by atoms with Gasteiger partial charge in [0.25, 0.3) is 0 Å². The van der Waals surface area contributed by atoms with Crippen LogP contribution in [0.5, 0.6) is 5.75 Å². The van der Waals surface area contributed by atoms with Crippen LogP contribution in [0.4, 0.5) is 22.1 Å². The van der Waals surface area contributed by atoms with Gasteiger partial charge in [0.15, 0.2) is 11.6 Å². The van der Waals surface area contributed by atoms with Crippen LogP contribution in [0.25, 0.3) is 0 Å². The average molecular weight is 432 g/mol. The van der Waals surface area contributed by atoms with E-state index in [4.69, 9.17) is 0 Å². The monoisotopic (exact) mass is 432 g/mol. The fourth-order valence-electron chi connectivity index (χ4n) is 2.61. The lowest BCUT2D eigenvalue weighted by Crippen LogP contribution is -2.04. The van der Waals surface area contributed by atoms with Crippen LogP contribution in [0.2, 0.25) is 0 Å². The summed E-state index contributed by atoms with van der Waals surface area (Å²) in [6.07, 6.45) is 4.55. The fourth-order valence-corrected chi connectivity index (χ4v) is 3.83. The van der Waals surface area contributed by atoms with Crippen LogP contribution in [0, 0.1) is 29.2 Å². The van der Waals surface area contributed by atoms with Crippen molar-refractivity contribution in [2.45, 2.75) is 44.9 Å². The zero-order valence-electron chi connectivity index (χ0n) is 15.9. The lowest BCUT2D eigenvalue weighted by atomic mass is 10.2. The molecule has 0 N–H and O–H groups in total. The first kappa shape index (κ1) is 23.3. The minimum atomic E-state index is -2.09. The molecule has 1 saturated carbocycles. The minimum absolute atomic E-state index is 0.0300. The Morgan fingerprint density at radius 1 is 1.00 bits per heavy atom. The molecular weight excluding hydrogens is 410 g/mol. The van der Waals surface area contributed by atoms with E-state index in [1.807, 2.05) is 37.3 Å². The van der Waals surface area contributed by atoms with Gasteiger partial charge in [-0.1, -0.05) is 37.3 Å². The van der Waals surface area contributed by atoms with Gasteiger partial charge in [-0.05, 0) is 36.6 Å². The summed E-state index contributed by atoms with van der Waals surface area (Å²) in [6.45, 7) is 1.94. The SMILES string of the molecule is CCC(=O)CC1CC1.FOc1c(F)c(F)c(F)c(F)c1CPCc1ccccc1. The molecule has 1 aliphatic carbocycles. The molecule has 2 nitrogen and oxygen atoms in total. The van der Waals surface area contributed by atoms with Crippen LogP contribution in [0.3, 0.4) is 0 Å². The highest BCUT2D eigenvalue weighted by atomic mass is 31.1. The first-order valence-corrected chi connectivity index (χ1v) is 10.7. The number of benzene rings is 2. The lowest BCUT2D eigenvalue weighted by molar-refractivity contribution is -0.119. The van der Waals surface area contributed by atoms with Gasteiger partial charge in [-0.25, -0.2) is 13.2 Å². The van der Waals surface area contributed by atoms with Crippen LogP contribution in [0.1, 0.15) is 43.7 Å². The third-order valence-electron chi connectivity index (χ3n) is 4.47. The van der Waals surface area contributed by atoms with E-state index in [1.165, 1.54) is 12.8 Å². The maximum Gasteiger partial charge on any atom is 0.217 e. The highest BCUT2D eigenvalue weighted by Gasteiger charge is 2.27. The van der Waals surface area contributed by atoms with Crippen LogP contribution in [-0.2, 0) is 17.1 Å². The second kappa shape index (κ2) is 11.2. The Balaban J connectivity index is 0.000000313. The molecule has 1 unspecified atom stereocenters. The van der Waals surface area contributed by atoms with Crippen molar-refractivity contribution in [3.05, 3.63) is 64.7 Å². The molecule has 0 aliphatic heterocycles. The summed E-state index contributed by atoms with van der Waals surface area (Å²) in [5.41, 5.74) is 0.310. The summed E-state index contributed by atoms with van der Waals surface area (Å²) in [5, 5.41) is 0. The molecule has 0 spiro atoms. The summed E-state index contributed by atoms with van der Waals surface area (Å²) < 4.78 is 65.3. The summed E-state index contributed by atoms with van der Waals surface area (Å²) in [5.74, 6) is -7.55. The van der Waals surface area contributed by atoms with Gasteiger partial charge in [-0.3, -0.25) is 9.74 Å². The second-order valence-electron chi connectivity index (χ2n) is 6.77. The third-order valence-corrected chi connectivity index (χ3v) is 5.74. The van der Waals surface area contributed by atoms with E-state index >= 15 is 0 Å². The molecule has 0 bridgehead atoms. The molecule has 29 heavy (non-hydrogen) atoms. The molecule has 1 aliphatic rings. The van der Waals surface area contributed by atoms with Crippen molar-refractivity contribution >= 4 is 14.4 Å². The van der Waals surface area contributed by atoms with Crippen molar-refractivity contribution in [3.8, 4) is 5.75 Å². The number of halogens is 5. The largest absolute Gasteiger partial charge is 0.300 e. The number of ketones is 1. The normalized spacial score (nSPS) is 13.3. The molecule has 0 radical (unpaired) electrons. The van der Waals surface area contributed by atoms with Crippen molar-refractivity contribution in [3.63, 3.8) is 0 Å². The summed E-state index contributed by atoms with van der Waals surface area (Å²) in [4.78, 5) is 13.8. The van der Waals surface area contributed by atoms with E-state index < -0.39 is 34.6 Å². The van der Waals surface area contributed by atoms with Gasteiger partial charge in [-0.2, -0.15) is 4.39 Å². The summed E-state index contributed by atoms with van der Waals surface area (Å²) >= 11 is 0. The molecule has 2 aromatic rings. The highest BCUT2D eigenvalue weighted by molar-refractivity contribution is 7.36. The molecule has 0 amide bonds. The van der Waals surface area contributed by atoms with Gasteiger partial charge >= 0.3 is 0 Å². The fraction of sp³-hybridized carbons (Fsp3) is 0.381. The van der Waals surface area contributed by atoms with Crippen molar-refractivity contribution < 1.29 is 31.8 Å². The van der Waals surface area contributed by atoms with E-state index in [0.717, 1.165) is 24.3 Å². The maximum absolute atomic E-state index is 13.6. The molecule has 3 rings (SSSR count). The Labute approximate surface area is 168 Å². The van der Waals surface area contributed by atoms with Crippen LogP contribution in [-0.4, -0.2) is 5.78 Å². The average Bonchev–Trinajstić information content (AvgIpc) is 3.55. The Bertz CT molecular complexity index is 826. The zero-order valence-corrected chi connectivity index (χ0v) is 16.9. The smallest absolute Gasteiger partial charge is 0.217 e. The molecular formula is C21H22F5O2P. The summed E-state index contributed by atoms with van der Waals surface area (Å²) in [6, 6.07) is 9.12. The van der Waals surface area contributed by atoms with Crippen molar-refractivity contribution in [1.29, 1.82) is 0 Å². The highest BCUT2D eigenvalue weighted by Crippen LogP contribution is 2.36. The van der Waals surface area contributed by atoms with Gasteiger partial charge in [0.2, 0.25) is 17.4 Å². The molecule has 0 aromatic heterocycles. The summed E-state index contributed by atoms with van der Waals surface area (Å²) in [7, 11) is 0.0300. The number of carbonyl (C=O) groups excluding carboxylic acids is 1. The van der Waals surface area contributed by atoms with E-state index in [9.17, 15) is 26.9 Å². The van der Waals surface area contributed by atoms with Gasteiger partial charge in [0.05, 0.1) is 0 Å². The van der Waals surface area contributed by atoms with Crippen LogP contribution >= 0.6 is 8.58 Å². The maximum atomic E-state index is 13.6. The molecule has 0 saturated heterocycles. The number of Topliss-reactive ketones (excluding diaryl/α,β-unsaturated/α-hetero) is 1. The molecule has 2 aromatic carbocycles. The van der Waals surface area contributed by atoms with E-state index in [2.05, 4.69) is 4.94 Å². The molecule has 0 heterocycles. The Morgan fingerprint density at radius 3 is 2.17 bits per heavy atom. The predicted octanol–water partition coefficient (Wildman–Crippen LogP) is 6.65. The van der Waals surface area contributed by atoms with Crippen LogP contribution in [0.15, 0.2) is 30.3 Å². The van der Waals surface area contributed by atoms with Crippen LogP contribution < -0.4 is 4.94 Å². The second-order valence-corrected chi connectivity index (χ2v) is 7.98. The number of hydrogen-bond acceptors (Lipinski definition) is 2. The van der Waals surface area contributed by atoms with Crippen molar-refractivity contribution in [2.75, 3.05) is 0 Å². The van der Waals surface area contributed by atoms with E-state index in [-0.39, 0.29) is 14.7 Å². The van der Waals surface area contributed by atoms with Gasteiger partial charge in [0.1, 0.15) is 5.78 Å². The first-order valence-electron chi connectivity index (χ1n) is 9.28. The Kier molecular flexibility index (Phi) is 9.02. The topological polar surface area (TPSA) is 26.3 Å². The third kappa shape index (κ3) is 6.77. The van der Waals surface area contributed by atoms with Crippen molar-refractivity contribution in [1.82, 2.24) is 0 Å². The van der Waals surface area contributed by atoms with Gasteiger partial charge < -0.3 is 0 Å². The molecule has 158 valence electrons. The standard InChI is InChI=1S/C14H10F5OP.C7H12O/c15-10-9(7-21-6-8-4-2-1-3-5-8)14(20-19)13(18)12(17)11(10)16;1-2-7(8)5-6-3-4-6/h1-5,21H,6-7H2;6H,2-5H2,1H3. The quantitative estimate of drug-likeness (QED) is 0.202.